The molecule has 0 radical (unpaired) electrons. The van der Waals surface area contributed by atoms with E-state index in [0.29, 0.717) is 18.0 Å². The molecule has 6 nitrogen and oxygen atoms in total. The molecular formula is C27H26N2O4S. The van der Waals surface area contributed by atoms with E-state index < -0.39 is 17.1 Å². The Hall–Kier alpha value is -3.58. The first-order chi connectivity index (χ1) is 16.5. The molecular weight excluding hydrogens is 448 g/mol. The molecule has 7 heteroatoms. The molecule has 1 N–H and O–H groups in total. The number of thioether (sulfide) groups is 1. The zero-order chi connectivity index (χ0) is 24.1. The molecule has 3 amide bonds. The Kier molecular flexibility index (Phi) is 7.33. The van der Waals surface area contributed by atoms with Gasteiger partial charge in [-0.3, -0.25) is 19.3 Å². The number of imide groups is 1. The van der Waals surface area contributed by atoms with Crippen LogP contribution in [0, 0.1) is 6.92 Å². The maximum absolute atomic E-state index is 13.1. The Morgan fingerprint density at radius 1 is 1.06 bits per heavy atom. The van der Waals surface area contributed by atoms with Crippen molar-refractivity contribution in [2.24, 2.45) is 0 Å². The number of carbonyl (C=O) groups excluding carboxylic acids is 3. The van der Waals surface area contributed by atoms with Gasteiger partial charge in [-0.1, -0.05) is 61.4 Å². The minimum atomic E-state index is -0.485. The molecule has 1 aliphatic rings. The number of unbranched alkanes of at least 4 members (excludes halogenated alkanes) is 1. The molecule has 0 spiro atoms. The zero-order valence-corrected chi connectivity index (χ0v) is 20.0. The summed E-state index contributed by atoms with van der Waals surface area (Å²) in [7, 11) is 0. The van der Waals surface area contributed by atoms with Gasteiger partial charge in [-0.2, -0.15) is 0 Å². The molecule has 0 bridgehead atoms. The summed E-state index contributed by atoms with van der Waals surface area (Å²) in [4.78, 5) is 39.4. The molecule has 0 saturated carbocycles. The second kappa shape index (κ2) is 10.6. The van der Waals surface area contributed by atoms with E-state index >= 15 is 0 Å². The lowest BCUT2D eigenvalue weighted by Gasteiger charge is -2.13. The van der Waals surface area contributed by atoms with E-state index in [9.17, 15) is 14.4 Å². The number of hydrogen-bond donors (Lipinski definition) is 1. The Balaban J connectivity index is 1.57. The first-order valence-corrected chi connectivity index (χ1v) is 12.0. The second-order valence-corrected chi connectivity index (χ2v) is 9.08. The van der Waals surface area contributed by atoms with Gasteiger partial charge in [0.2, 0.25) is 5.91 Å². The Bertz CT molecular complexity index is 1270. The smallest absolute Gasteiger partial charge is 0.294 e. The third-order valence-corrected chi connectivity index (χ3v) is 6.38. The van der Waals surface area contributed by atoms with Gasteiger partial charge in [0.1, 0.15) is 12.3 Å². The average Bonchev–Trinajstić information content (AvgIpc) is 3.09. The van der Waals surface area contributed by atoms with Crippen LogP contribution in [0.2, 0.25) is 0 Å². The average molecular weight is 475 g/mol. The maximum atomic E-state index is 13.1. The first-order valence-electron chi connectivity index (χ1n) is 11.2. The number of rotatable bonds is 8. The van der Waals surface area contributed by atoms with Crippen molar-refractivity contribution in [3.05, 3.63) is 76.7 Å². The SMILES string of the molecule is CCCCOc1ccc2ccccc2c1/C=C1\SC(=O)N(CC(=O)Nc2ccc(C)cc2)C1=O. The largest absolute Gasteiger partial charge is 0.493 e. The van der Waals surface area contributed by atoms with E-state index in [2.05, 4.69) is 12.2 Å². The molecule has 0 aliphatic carbocycles. The van der Waals surface area contributed by atoms with Gasteiger partial charge in [-0.05, 0) is 60.2 Å². The molecule has 174 valence electrons. The van der Waals surface area contributed by atoms with Crippen LogP contribution < -0.4 is 10.1 Å². The van der Waals surface area contributed by atoms with Crippen molar-refractivity contribution < 1.29 is 19.1 Å². The molecule has 1 fully saturated rings. The summed E-state index contributed by atoms with van der Waals surface area (Å²) < 4.78 is 6.00. The summed E-state index contributed by atoms with van der Waals surface area (Å²) in [5, 5.41) is 4.20. The van der Waals surface area contributed by atoms with Gasteiger partial charge < -0.3 is 10.1 Å². The van der Waals surface area contributed by atoms with Gasteiger partial charge in [-0.15, -0.1) is 0 Å². The van der Waals surface area contributed by atoms with Gasteiger partial charge in [0.25, 0.3) is 11.1 Å². The van der Waals surface area contributed by atoms with Crippen molar-refractivity contribution in [1.29, 1.82) is 0 Å². The molecule has 1 heterocycles. The fourth-order valence-electron chi connectivity index (χ4n) is 3.63. The summed E-state index contributed by atoms with van der Waals surface area (Å²) in [5.41, 5.74) is 2.44. The molecule has 4 rings (SSSR count). The van der Waals surface area contributed by atoms with E-state index in [-0.39, 0.29) is 11.4 Å². The predicted molar refractivity (Wildman–Crippen MR) is 137 cm³/mol. The number of nitrogens with one attached hydrogen (secondary N) is 1. The lowest BCUT2D eigenvalue weighted by atomic mass is 10.0. The molecule has 1 aliphatic heterocycles. The van der Waals surface area contributed by atoms with E-state index in [1.165, 1.54) is 0 Å². The van der Waals surface area contributed by atoms with E-state index in [1.807, 2.05) is 55.5 Å². The predicted octanol–water partition coefficient (Wildman–Crippen LogP) is 6.00. The standard InChI is InChI=1S/C27H26N2O4S/c1-3-4-15-33-23-14-11-19-7-5-6-8-21(19)22(23)16-24-26(31)29(27(32)34-24)17-25(30)28-20-12-9-18(2)10-13-20/h5-14,16H,3-4,15,17H2,1-2H3,(H,28,30)/b24-16-. The summed E-state index contributed by atoms with van der Waals surface area (Å²) in [5.74, 6) is -0.251. The van der Waals surface area contributed by atoms with Crippen molar-refractivity contribution in [2.45, 2.75) is 26.7 Å². The minimum absolute atomic E-state index is 0.268. The zero-order valence-electron chi connectivity index (χ0n) is 19.2. The van der Waals surface area contributed by atoms with Crippen LogP contribution in [-0.2, 0) is 9.59 Å². The van der Waals surface area contributed by atoms with Crippen LogP contribution >= 0.6 is 11.8 Å². The van der Waals surface area contributed by atoms with Crippen LogP contribution in [0.4, 0.5) is 10.5 Å². The molecule has 0 aromatic heterocycles. The highest BCUT2D eigenvalue weighted by atomic mass is 32.2. The Labute approximate surface area is 203 Å². The topological polar surface area (TPSA) is 75.7 Å². The fourth-order valence-corrected chi connectivity index (χ4v) is 4.45. The van der Waals surface area contributed by atoms with Crippen LogP contribution in [0.15, 0.2) is 65.6 Å². The number of amides is 3. The van der Waals surface area contributed by atoms with Gasteiger partial charge in [-0.25, -0.2) is 0 Å². The number of anilines is 1. The summed E-state index contributed by atoms with van der Waals surface area (Å²) in [6.07, 6.45) is 3.62. The van der Waals surface area contributed by atoms with Crippen molar-refractivity contribution in [3.63, 3.8) is 0 Å². The highest BCUT2D eigenvalue weighted by molar-refractivity contribution is 8.18. The molecule has 3 aromatic rings. The van der Waals surface area contributed by atoms with Crippen LogP contribution in [0.1, 0.15) is 30.9 Å². The van der Waals surface area contributed by atoms with Crippen LogP contribution in [-0.4, -0.2) is 35.1 Å². The van der Waals surface area contributed by atoms with E-state index in [0.717, 1.165) is 51.4 Å². The third-order valence-electron chi connectivity index (χ3n) is 5.47. The van der Waals surface area contributed by atoms with Gasteiger partial charge in [0.05, 0.1) is 11.5 Å². The Morgan fingerprint density at radius 2 is 1.82 bits per heavy atom. The number of carbonyl (C=O) groups is 3. The number of aryl methyl sites for hydroxylation is 1. The monoisotopic (exact) mass is 474 g/mol. The quantitative estimate of drug-likeness (QED) is 0.320. The minimum Gasteiger partial charge on any atom is -0.493 e. The van der Waals surface area contributed by atoms with Crippen molar-refractivity contribution in [2.75, 3.05) is 18.5 Å². The number of fused-ring (bicyclic) bond motifs is 1. The summed E-state index contributed by atoms with van der Waals surface area (Å²) in [6, 6.07) is 19.0. The number of nitrogens with zero attached hydrogens (tertiary/aromatic N) is 1. The lowest BCUT2D eigenvalue weighted by Crippen LogP contribution is -2.36. The van der Waals surface area contributed by atoms with Gasteiger partial charge in [0, 0.05) is 11.3 Å². The number of benzene rings is 3. The van der Waals surface area contributed by atoms with Crippen molar-refractivity contribution >= 4 is 51.4 Å². The third kappa shape index (κ3) is 5.31. The maximum Gasteiger partial charge on any atom is 0.294 e. The number of ether oxygens (including phenoxy) is 1. The van der Waals surface area contributed by atoms with E-state index in [1.54, 1.807) is 18.2 Å². The highest BCUT2D eigenvalue weighted by Gasteiger charge is 2.36. The van der Waals surface area contributed by atoms with Crippen LogP contribution in [0.3, 0.4) is 0 Å². The molecule has 3 aromatic carbocycles. The Morgan fingerprint density at radius 3 is 2.59 bits per heavy atom. The molecule has 0 atom stereocenters. The van der Waals surface area contributed by atoms with Crippen LogP contribution in [0.25, 0.3) is 16.8 Å². The molecule has 1 saturated heterocycles. The summed E-state index contributed by atoms with van der Waals surface area (Å²) in [6.45, 7) is 4.27. The van der Waals surface area contributed by atoms with Gasteiger partial charge in [0.15, 0.2) is 0 Å². The molecule has 34 heavy (non-hydrogen) atoms. The van der Waals surface area contributed by atoms with Gasteiger partial charge >= 0.3 is 0 Å². The van der Waals surface area contributed by atoms with Crippen molar-refractivity contribution in [3.8, 4) is 5.75 Å². The lowest BCUT2D eigenvalue weighted by molar-refractivity contribution is -0.127. The fraction of sp³-hybridized carbons (Fsp3) is 0.222. The normalized spacial score (nSPS) is 14.8. The summed E-state index contributed by atoms with van der Waals surface area (Å²) >= 11 is 0.835. The highest BCUT2D eigenvalue weighted by Crippen LogP contribution is 2.36. The number of hydrogen-bond acceptors (Lipinski definition) is 5. The second-order valence-electron chi connectivity index (χ2n) is 8.08. The first kappa shape index (κ1) is 23.6. The van der Waals surface area contributed by atoms with Crippen molar-refractivity contribution in [1.82, 2.24) is 4.90 Å². The van der Waals surface area contributed by atoms with E-state index in [4.69, 9.17) is 4.74 Å². The van der Waals surface area contributed by atoms with Crippen LogP contribution in [0.5, 0.6) is 5.75 Å². The molecule has 0 unspecified atom stereocenters.